The van der Waals surface area contributed by atoms with Gasteiger partial charge >= 0.3 is 0 Å². The maximum atomic E-state index is 11.3. The SMILES string of the molecule is CN(CC(C)(C)S(C)=S)c1cc(CO)cc(CO)c1.CN(CC(C)(C)S(C)=S)c1cc(COS(C)(=O)=O)cc(COS(C)(=O)=O)c1. The van der Waals surface area contributed by atoms with E-state index in [0.717, 1.165) is 41.6 Å². The lowest BCUT2D eigenvalue weighted by atomic mass is 10.1. The molecule has 0 saturated carbocycles. The lowest BCUT2D eigenvalue weighted by Gasteiger charge is -2.32. The zero-order valence-corrected chi connectivity index (χ0v) is 33.3. The molecule has 10 nitrogen and oxygen atoms in total. The first-order valence-corrected chi connectivity index (χ1v) is 22.9. The van der Waals surface area contributed by atoms with E-state index in [9.17, 15) is 27.0 Å². The van der Waals surface area contributed by atoms with Gasteiger partial charge in [-0.15, -0.1) is 18.9 Å². The molecule has 46 heavy (non-hydrogen) atoms. The molecule has 0 bridgehead atoms. The summed E-state index contributed by atoms with van der Waals surface area (Å²) in [6.07, 6.45) is 6.04. The van der Waals surface area contributed by atoms with Gasteiger partial charge in [0.15, 0.2) is 0 Å². The number of nitrogens with zero attached hydrogens (tertiary/aromatic N) is 2. The minimum absolute atomic E-state index is 0.0166. The molecule has 2 aromatic carbocycles. The van der Waals surface area contributed by atoms with E-state index >= 15 is 0 Å². The zero-order valence-electron chi connectivity index (χ0n) is 28.4. The minimum atomic E-state index is -3.60. The number of rotatable bonds is 16. The van der Waals surface area contributed by atoms with Crippen LogP contribution in [0.15, 0.2) is 36.4 Å². The Labute approximate surface area is 290 Å². The third-order valence-corrected chi connectivity index (χ3v) is 14.2. The van der Waals surface area contributed by atoms with Crippen molar-refractivity contribution in [1.82, 2.24) is 0 Å². The van der Waals surface area contributed by atoms with Gasteiger partial charge < -0.3 is 20.0 Å². The maximum Gasteiger partial charge on any atom is 0.264 e. The summed E-state index contributed by atoms with van der Waals surface area (Å²) in [6, 6.07) is 11.0. The van der Waals surface area contributed by atoms with Crippen molar-refractivity contribution in [2.45, 2.75) is 63.6 Å². The van der Waals surface area contributed by atoms with Crippen LogP contribution in [0, 0.1) is 0 Å². The van der Waals surface area contributed by atoms with Crippen molar-refractivity contribution < 1.29 is 35.4 Å². The van der Waals surface area contributed by atoms with Crippen molar-refractivity contribution in [3.8, 4) is 0 Å². The van der Waals surface area contributed by atoms with Gasteiger partial charge in [-0.05, 0) is 86.7 Å². The van der Waals surface area contributed by atoms with Gasteiger partial charge in [0.25, 0.3) is 20.2 Å². The van der Waals surface area contributed by atoms with E-state index in [4.69, 9.17) is 30.7 Å². The normalized spacial score (nSPS) is 13.8. The van der Waals surface area contributed by atoms with Crippen LogP contribution in [0.1, 0.15) is 49.9 Å². The molecule has 2 aromatic rings. The highest BCUT2D eigenvalue weighted by Gasteiger charge is 2.23. The molecule has 0 heterocycles. The Bertz CT molecular complexity index is 1500. The summed E-state index contributed by atoms with van der Waals surface area (Å²) < 4.78 is 54.8. The van der Waals surface area contributed by atoms with Crippen molar-refractivity contribution in [2.24, 2.45) is 0 Å². The fourth-order valence-corrected chi connectivity index (χ4v) is 5.90. The second kappa shape index (κ2) is 18.1. The predicted molar refractivity (Wildman–Crippen MR) is 200 cm³/mol. The fourth-order valence-electron chi connectivity index (χ4n) is 4.13. The third kappa shape index (κ3) is 15.9. The first kappa shape index (κ1) is 42.9. The zero-order chi connectivity index (χ0) is 35.7. The Hall–Kier alpha value is -1.08. The number of aliphatic hydroxyl groups is 2. The van der Waals surface area contributed by atoms with E-state index in [-0.39, 0.29) is 54.8 Å². The van der Waals surface area contributed by atoms with Crippen LogP contribution in [-0.2, 0) is 96.3 Å². The van der Waals surface area contributed by atoms with Crippen LogP contribution < -0.4 is 9.80 Å². The molecule has 264 valence electrons. The van der Waals surface area contributed by atoms with Gasteiger partial charge in [0.2, 0.25) is 0 Å². The number of hydrogen-bond donors (Lipinski definition) is 2. The van der Waals surface area contributed by atoms with E-state index in [2.05, 4.69) is 38.9 Å². The molecular formula is C30H50N2O8S6. The Morgan fingerprint density at radius 3 is 1.20 bits per heavy atom. The van der Waals surface area contributed by atoms with Gasteiger partial charge in [-0.25, -0.2) is 0 Å². The molecule has 2 atom stereocenters. The van der Waals surface area contributed by atoms with E-state index < -0.39 is 20.2 Å². The summed E-state index contributed by atoms with van der Waals surface area (Å²) in [5.41, 5.74) is 4.64. The molecule has 2 N–H and O–H groups in total. The fraction of sp³-hybridized carbons (Fsp3) is 0.600. The predicted octanol–water partition coefficient (Wildman–Crippen LogP) is 3.16. The lowest BCUT2D eigenvalue weighted by Crippen LogP contribution is -2.39. The van der Waals surface area contributed by atoms with Crippen molar-refractivity contribution in [1.29, 1.82) is 0 Å². The Morgan fingerprint density at radius 1 is 0.652 bits per heavy atom. The highest BCUT2D eigenvalue weighted by molar-refractivity contribution is 8.29. The van der Waals surface area contributed by atoms with Crippen LogP contribution in [0.3, 0.4) is 0 Å². The molecule has 0 spiro atoms. The monoisotopic (exact) mass is 758 g/mol. The second-order valence-electron chi connectivity index (χ2n) is 12.4. The Balaban J connectivity index is 0.000000489. The largest absolute Gasteiger partial charge is 0.392 e. The average molecular weight is 759 g/mol. The summed E-state index contributed by atoms with van der Waals surface area (Å²) in [7, 11) is -3.59. The molecular weight excluding hydrogens is 709 g/mol. The summed E-state index contributed by atoms with van der Waals surface area (Å²) in [4.78, 5) is 4.14. The highest BCUT2D eigenvalue weighted by atomic mass is 32.8. The van der Waals surface area contributed by atoms with Crippen LogP contribution in [-0.4, -0.2) is 88.8 Å². The van der Waals surface area contributed by atoms with E-state index in [1.165, 1.54) is 0 Å². The van der Waals surface area contributed by atoms with Crippen LogP contribution >= 0.6 is 0 Å². The molecule has 2 unspecified atom stereocenters. The highest BCUT2D eigenvalue weighted by Crippen LogP contribution is 2.25. The van der Waals surface area contributed by atoms with Gasteiger partial charge in [0, 0.05) is 48.1 Å². The molecule has 2 rings (SSSR count). The van der Waals surface area contributed by atoms with Crippen molar-refractivity contribution in [2.75, 3.05) is 62.0 Å². The van der Waals surface area contributed by atoms with Gasteiger partial charge in [-0.2, -0.15) is 16.8 Å². The van der Waals surface area contributed by atoms with E-state index in [1.54, 1.807) is 6.07 Å². The van der Waals surface area contributed by atoms with E-state index in [0.29, 0.717) is 17.7 Å². The number of anilines is 2. The van der Waals surface area contributed by atoms with Gasteiger partial charge in [0.1, 0.15) is 0 Å². The van der Waals surface area contributed by atoms with Crippen molar-refractivity contribution in [3.05, 3.63) is 58.7 Å². The maximum absolute atomic E-state index is 11.3. The molecule has 0 aliphatic rings. The third-order valence-electron chi connectivity index (χ3n) is 6.99. The standard InChI is InChI=1S/C16H27NO6S4.C14H23NO2S2/c1-16(2,25(4)24)12-17(3)15-8-13(10-22-26(5,18)19)7-14(9-15)11-23-27(6,20)21;1-14(2,19(4)18)10-15(3)13-6-11(8-16)5-12(7-13)9-17/h7-9H,10-12H2,1-6H3;5-7,16-17H,8-10H2,1-4H3. The molecule has 0 aromatic heterocycles. The van der Waals surface area contributed by atoms with Crippen LogP contribution in [0.25, 0.3) is 0 Å². The summed E-state index contributed by atoms with van der Waals surface area (Å²) in [5.74, 6) is 0. The number of aliphatic hydroxyl groups excluding tert-OH is 2. The van der Waals surface area contributed by atoms with Gasteiger partial charge in [0.05, 0.1) is 38.9 Å². The molecule has 0 aliphatic heterocycles. The summed E-state index contributed by atoms with van der Waals surface area (Å²) in [6.45, 7) is 9.71. The Morgan fingerprint density at radius 2 is 0.935 bits per heavy atom. The molecule has 0 radical (unpaired) electrons. The second-order valence-corrected chi connectivity index (χ2v) is 22.7. The molecule has 16 heteroatoms. The van der Waals surface area contributed by atoms with Gasteiger partial charge in [-0.3, -0.25) is 8.37 Å². The van der Waals surface area contributed by atoms with Crippen LogP contribution in [0.2, 0.25) is 0 Å². The lowest BCUT2D eigenvalue weighted by molar-refractivity contribution is 0.275. The number of hydrogen-bond acceptors (Lipinski definition) is 12. The van der Waals surface area contributed by atoms with Gasteiger partial charge in [-0.1, -0.05) is 34.5 Å². The summed E-state index contributed by atoms with van der Waals surface area (Å²) in [5, 5.41) is 18.5. The number of benzene rings is 2. The van der Waals surface area contributed by atoms with Crippen molar-refractivity contribution >= 4 is 72.9 Å². The Kier molecular flexibility index (Phi) is 16.9. The van der Waals surface area contributed by atoms with Crippen LogP contribution in [0.4, 0.5) is 11.4 Å². The topological polar surface area (TPSA) is 134 Å². The first-order valence-electron chi connectivity index (χ1n) is 14.1. The smallest absolute Gasteiger partial charge is 0.264 e. The van der Waals surface area contributed by atoms with E-state index in [1.807, 2.05) is 55.6 Å². The first-order chi connectivity index (χ1) is 20.9. The molecule has 0 fully saturated rings. The summed E-state index contributed by atoms with van der Waals surface area (Å²) >= 11 is 10.8. The quantitative estimate of drug-likeness (QED) is 0.244. The molecule has 0 amide bonds. The van der Waals surface area contributed by atoms with Crippen LogP contribution in [0.5, 0.6) is 0 Å². The van der Waals surface area contributed by atoms with Crippen molar-refractivity contribution in [3.63, 3.8) is 0 Å². The minimum Gasteiger partial charge on any atom is -0.392 e. The molecule has 0 saturated heterocycles. The average Bonchev–Trinajstić information content (AvgIpc) is 2.93. The molecule has 0 aliphatic carbocycles.